The number of allylic oxidation sites excluding steroid dienone is 3. The Labute approximate surface area is 108 Å². The van der Waals surface area contributed by atoms with Crippen LogP contribution >= 0.6 is 0 Å². The Hall–Kier alpha value is -1.71. The number of urea groups is 1. The van der Waals surface area contributed by atoms with E-state index < -0.39 is 0 Å². The minimum atomic E-state index is -0.115. The lowest BCUT2D eigenvalue weighted by atomic mass is 10.2. The van der Waals surface area contributed by atoms with Crippen molar-refractivity contribution in [3.63, 3.8) is 0 Å². The Morgan fingerprint density at radius 2 is 1.94 bits per heavy atom. The van der Waals surface area contributed by atoms with Crippen LogP contribution in [0.1, 0.15) is 25.7 Å². The number of nitrogens with one attached hydrogen (secondary N) is 1. The first-order valence-corrected chi connectivity index (χ1v) is 6.63. The van der Waals surface area contributed by atoms with Crippen LogP contribution in [0.3, 0.4) is 0 Å². The van der Waals surface area contributed by atoms with E-state index in [4.69, 9.17) is 5.73 Å². The van der Waals surface area contributed by atoms with E-state index in [0.29, 0.717) is 5.70 Å². The summed E-state index contributed by atoms with van der Waals surface area (Å²) in [7, 11) is 0. The van der Waals surface area contributed by atoms with Gasteiger partial charge in [-0.2, -0.15) is 0 Å². The van der Waals surface area contributed by atoms with Crippen LogP contribution in [-0.2, 0) is 0 Å². The Morgan fingerprint density at radius 3 is 2.67 bits per heavy atom. The van der Waals surface area contributed by atoms with Gasteiger partial charge < -0.3 is 16.0 Å². The molecule has 4 heteroatoms. The van der Waals surface area contributed by atoms with Gasteiger partial charge in [-0.15, -0.1) is 0 Å². The van der Waals surface area contributed by atoms with Crippen LogP contribution in [0.15, 0.2) is 36.1 Å². The van der Waals surface area contributed by atoms with Crippen molar-refractivity contribution in [1.29, 1.82) is 0 Å². The maximum absolute atomic E-state index is 12.1. The van der Waals surface area contributed by atoms with Crippen LogP contribution in [0.4, 0.5) is 4.79 Å². The zero-order chi connectivity index (χ0) is 12.8. The topological polar surface area (TPSA) is 58.4 Å². The number of hydrogen-bond acceptors (Lipinski definition) is 2. The van der Waals surface area contributed by atoms with Crippen molar-refractivity contribution in [2.45, 2.75) is 31.7 Å². The average molecular weight is 247 g/mol. The molecule has 1 fully saturated rings. The van der Waals surface area contributed by atoms with E-state index in [1.807, 2.05) is 35.3 Å². The van der Waals surface area contributed by atoms with Crippen molar-refractivity contribution < 1.29 is 4.79 Å². The second-order valence-corrected chi connectivity index (χ2v) is 4.79. The number of amides is 2. The SMILES string of the molecule is NC1=CC(NC(=O)N2CCCCCC2)C=CC=C1. The van der Waals surface area contributed by atoms with Gasteiger partial charge in [-0.3, -0.25) is 0 Å². The third-order valence-electron chi connectivity index (χ3n) is 3.27. The van der Waals surface area contributed by atoms with Crippen LogP contribution in [0.5, 0.6) is 0 Å². The van der Waals surface area contributed by atoms with Gasteiger partial charge in [0.15, 0.2) is 0 Å². The molecule has 0 bridgehead atoms. The molecule has 1 aliphatic heterocycles. The van der Waals surface area contributed by atoms with E-state index in [1.54, 1.807) is 0 Å². The van der Waals surface area contributed by atoms with E-state index in [9.17, 15) is 4.79 Å². The first-order valence-electron chi connectivity index (χ1n) is 6.63. The zero-order valence-electron chi connectivity index (χ0n) is 10.6. The molecule has 0 saturated carbocycles. The van der Waals surface area contributed by atoms with Crippen molar-refractivity contribution in [3.05, 3.63) is 36.1 Å². The van der Waals surface area contributed by atoms with Crippen LogP contribution < -0.4 is 11.1 Å². The molecule has 1 unspecified atom stereocenters. The van der Waals surface area contributed by atoms with E-state index >= 15 is 0 Å². The number of carbonyl (C=O) groups is 1. The fourth-order valence-electron chi connectivity index (χ4n) is 2.27. The van der Waals surface area contributed by atoms with Crippen molar-refractivity contribution in [1.82, 2.24) is 10.2 Å². The van der Waals surface area contributed by atoms with Gasteiger partial charge in [-0.1, -0.05) is 31.1 Å². The lowest BCUT2D eigenvalue weighted by Crippen LogP contribution is -2.44. The van der Waals surface area contributed by atoms with Gasteiger partial charge in [-0.05, 0) is 25.0 Å². The number of hydrogen-bond donors (Lipinski definition) is 2. The predicted molar refractivity (Wildman–Crippen MR) is 72.9 cm³/mol. The highest BCUT2D eigenvalue weighted by Crippen LogP contribution is 2.10. The van der Waals surface area contributed by atoms with Crippen molar-refractivity contribution in [2.24, 2.45) is 5.73 Å². The molecule has 1 aliphatic carbocycles. The van der Waals surface area contributed by atoms with Gasteiger partial charge >= 0.3 is 6.03 Å². The fourth-order valence-corrected chi connectivity index (χ4v) is 2.27. The van der Waals surface area contributed by atoms with E-state index in [0.717, 1.165) is 25.9 Å². The summed E-state index contributed by atoms with van der Waals surface area (Å²) in [6.07, 6.45) is 14.1. The Bertz CT molecular complexity index is 377. The maximum atomic E-state index is 12.1. The molecule has 0 radical (unpaired) electrons. The largest absolute Gasteiger partial charge is 0.399 e. The lowest BCUT2D eigenvalue weighted by Gasteiger charge is -2.22. The van der Waals surface area contributed by atoms with Gasteiger partial charge in [-0.25, -0.2) is 4.79 Å². The maximum Gasteiger partial charge on any atom is 0.318 e. The number of rotatable bonds is 1. The Kier molecular flexibility index (Phi) is 4.45. The molecule has 1 atom stereocenters. The third kappa shape index (κ3) is 3.65. The molecule has 18 heavy (non-hydrogen) atoms. The van der Waals surface area contributed by atoms with Crippen molar-refractivity contribution >= 4 is 6.03 Å². The Morgan fingerprint density at radius 1 is 1.22 bits per heavy atom. The second-order valence-electron chi connectivity index (χ2n) is 4.79. The number of carbonyl (C=O) groups excluding carboxylic acids is 1. The smallest absolute Gasteiger partial charge is 0.318 e. The molecular weight excluding hydrogens is 226 g/mol. The molecule has 2 rings (SSSR count). The number of nitrogens with two attached hydrogens (primary N) is 1. The zero-order valence-corrected chi connectivity index (χ0v) is 10.6. The predicted octanol–water partition coefficient (Wildman–Crippen LogP) is 1.91. The summed E-state index contributed by atoms with van der Waals surface area (Å²) in [5.74, 6) is 0. The molecule has 2 aliphatic rings. The van der Waals surface area contributed by atoms with Crippen LogP contribution in [0.25, 0.3) is 0 Å². The molecule has 2 amide bonds. The first kappa shape index (κ1) is 12.7. The summed E-state index contributed by atoms with van der Waals surface area (Å²) in [4.78, 5) is 14.0. The molecule has 0 spiro atoms. The molecule has 98 valence electrons. The molecule has 0 aromatic carbocycles. The average Bonchev–Trinajstić information content (AvgIpc) is 2.71. The van der Waals surface area contributed by atoms with Crippen LogP contribution in [0, 0.1) is 0 Å². The highest BCUT2D eigenvalue weighted by Gasteiger charge is 2.17. The molecule has 1 heterocycles. The quantitative estimate of drug-likeness (QED) is 0.743. The van der Waals surface area contributed by atoms with E-state index in [1.165, 1.54) is 12.8 Å². The third-order valence-corrected chi connectivity index (χ3v) is 3.27. The highest BCUT2D eigenvalue weighted by molar-refractivity contribution is 5.75. The monoisotopic (exact) mass is 247 g/mol. The fraction of sp³-hybridized carbons (Fsp3) is 0.500. The van der Waals surface area contributed by atoms with Gasteiger partial charge in [0.25, 0.3) is 0 Å². The summed E-state index contributed by atoms with van der Waals surface area (Å²) >= 11 is 0. The normalized spacial score (nSPS) is 24.1. The summed E-state index contributed by atoms with van der Waals surface area (Å²) in [6, 6.07) is -0.103. The molecule has 0 aromatic heterocycles. The lowest BCUT2D eigenvalue weighted by molar-refractivity contribution is 0.199. The molecule has 1 saturated heterocycles. The van der Waals surface area contributed by atoms with E-state index in [2.05, 4.69) is 5.32 Å². The minimum Gasteiger partial charge on any atom is -0.399 e. The molecule has 4 nitrogen and oxygen atoms in total. The van der Waals surface area contributed by atoms with Gasteiger partial charge in [0, 0.05) is 18.8 Å². The number of likely N-dealkylation sites (tertiary alicyclic amines) is 1. The van der Waals surface area contributed by atoms with Crippen LogP contribution in [0.2, 0.25) is 0 Å². The van der Waals surface area contributed by atoms with Crippen LogP contribution in [-0.4, -0.2) is 30.1 Å². The summed E-state index contributed by atoms with van der Waals surface area (Å²) < 4.78 is 0. The minimum absolute atomic E-state index is 0.0116. The summed E-state index contributed by atoms with van der Waals surface area (Å²) in [5.41, 5.74) is 6.46. The first-order chi connectivity index (χ1) is 8.75. The highest BCUT2D eigenvalue weighted by atomic mass is 16.2. The molecular formula is C14H21N3O. The van der Waals surface area contributed by atoms with Crippen molar-refractivity contribution in [3.8, 4) is 0 Å². The number of nitrogens with zero attached hydrogens (tertiary/aromatic N) is 1. The molecule has 3 N–H and O–H groups in total. The Balaban J connectivity index is 1.92. The summed E-state index contributed by atoms with van der Waals surface area (Å²) in [5, 5.41) is 2.99. The molecule has 0 aromatic rings. The summed E-state index contributed by atoms with van der Waals surface area (Å²) in [6.45, 7) is 1.72. The van der Waals surface area contributed by atoms with Gasteiger partial charge in [0.1, 0.15) is 0 Å². The second kappa shape index (κ2) is 6.28. The van der Waals surface area contributed by atoms with Gasteiger partial charge in [0.2, 0.25) is 0 Å². The van der Waals surface area contributed by atoms with Gasteiger partial charge in [0.05, 0.1) is 6.04 Å². The van der Waals surface area contributed by atoms with E-state index in [-0.39, 0.29) is 12.1 Å². The van der Waals surface area contributed by atoms with Crippen molar-refractivity contribution in [2.75, 3.05) is 13.1 Å². The standard InChI is InChI=1S/C14H21N3O/c15-12-7-3-4-8-13(11-12)16-14(18)17-9-5-1-2-6-10-17/h3-4,7-8,11,13H,1-2,5-6,9-10,15H2,(H,16,18).